The number of carbonyl (C=O) groups excluding carboxylic acids is 1. The van der Waals surface area contributed by atoms with E-state index in [4.69, 9.17) is 10.2 Å². The summed E-state index contributed by atoms with van der Waals surface area (Å²) in [7, 11) is 0. The van der Waals surface area contributed by atoms with Crippen LogP contribution in [0.2, 0.25) is 0 Å². The highest BCUT2D eigenvalue weighted by Gasteiger charge is 2.16. The number of hydrogen-bond acceptors (Lipinski definition) is 5. The number of anilines is 1. The molecule has 0 saturated heterocycles. The molecule has 2 heterocycles. The third kappa shape index (κ3) is 2.50. The molecule has 21 heavy (non-hydrogen) atoms. The number of fused-ring (bicyclic) bond motifs is 1. The molecule has 2 aromatic heterocycles. The van der Waals surface area contributed by atoms with Crippen LogP contribution in [0.5, 0.6) is 0 Å². The lowest BCUT2D eigenvalue weighted by molar-refractivity contribution is 0.0952. The average Bonchev–Trinajstić information content (AvgIpc) is 2.98. The molecule has 0 bridgehead atoms. The molecule has 0 fully saturated rings. The molecule has 0 aliphatic rings. The van der Waals surface area contributed by atoms with Crippen molar-refractivity contribution >= 4 is 33.0 Å². The molecular weight excluding hydrogens is 286 g/mol. The fraction of sp³-hybridized carbons (Fsp3) is 0.200. The Labute approximate surface area is 125 Å². The molecule has 0 aliphatic carbocycles. The lowest BCUT2D eigenvalue weighted by Gasteiger charge is -2.01. The Balaban J connectivity index is 1.79. The molecule has 0 aliphatic heterocycles. The molecule has 3 rings (SSSR count). The lowest BCUT2D eigenvalue weighted by Crippen LogP contribution is -2.22. The quantitative estimate of drug-likeness (QED) is 0.779. The van der Waals surface area contributed by atoms with Crippen molar-refractivity contribution < 1.29 is 9.21 Å². The van der Waals surface area contributed by atoms with Crippen LogP contribution >= 0.6 is 11.3 Å². The van der Waals surface area contributed by atoms with Gasteiger partial charge in [-0.2, -0.15) is 0 Å². The monoisotopic (exact) mass is 301 g/mol. The van der Waals surface area contributed by atoms with Crippen molar-refractivity contribution in [3.63, 3.8) is 0 Å². The molecule has 0 saturated carbocycles. The molecular formula is C15H15N3O2S. The zero-order valence-corrected chi connectivity index (χ0v) is 12.6. The number of aromatic nitrogens is 1. The van der Waals surface area contributed by atoms with Crippen LogP contribution in [0.3, 0.4) is 0 Å². The Morgan fingerprint density at radius 1 is 1.38 bits per heavy atom. The third-order valence-electron chi connectivity index (χ3n) is 3.31. The summed E-state index contributed by atoms with van der Waals surface area (Å²) in [4.78, 5) is 17.0. The fourth-order valence-electron chi connectivity index (χ4n) is 2.09. The van der Waals surface area contributed by atoms with E-state index in [1.165, 1.54) is 11.3 Å². The molecule has 3 N–H and O–H groups in total. The predicted molar refractivity (Wildman–Crippen MR) is 83.4 cm³/mol. The van der Waals surface area contributed by atoms with Gasteiger partial charge >= 0.3 is 0 Å². The van der Waals surface area contributed by atoms with Gasteiger partial charge in [0.25, 0.3) is 5.91 Å². The van der Waals surface area contributed by atoms with Crippen molar-refractivity contribution in [2.24, 2.45) is 0 Å². The summed E-state index contributed by atoms with van der Waals surface area (Å²) in [5, 5.41) is 3.71. The van der Waals surface area contributed by atoms with Crippen LogP contribution in [-0.4, -0.2) is 10.9 Å². The number of nitrogen functional groups attached to an aromatic ring is 1. The summed E-state index contributed by atoms with van der Waals surface area (Å²) in [6, 6.07) is 7.70. The second-order valence-corrected chi connectivity index (χ2v) is 5.83. The first kappa shape index (κ1) is 13.6. The minimum absolute atomic E-state index is 0.206. The van der Waals surface area contributed by atoms with Gasteiger partial charge in [0, 0.05) is 10.1 Å². The third-order valence-corrected chi connectivity index (χ3v) is 4.50. The first-order valence-electron chi connectivity index (χ1n) is 6.54. The Bertz CT molecular complexity index is 800. The number of hydrogen-bond donors (Lipinski definition) is 2. The maximum Gasteiger partial charge on any atom is 0.263 e. The zero-order valence-electron chi connectivity index (χ0n) is 11.8. The standard InChI is InChI=1S/C15H15N3O2S/c1-8-9(2)20-12(18-8)7-17-15(19)14-13(16)10-5-3-4-6-11(10)21-14/h3-6H,7,16H2,1-2H3,(H,17,19). The number of aryl methyl sites for hydroxylation is 2. The van der Waals surface area contributed by atoms with Gasteiger partial charge in [0.15, 0.2) is 0 Å². The SMILES string of the molecule is Cc1nc(CNC(=O)c2sc3ccccc3c2N)oc1C. The topological polar surface area (TPSA) is 81.2 Å². The molecule has 0 unspecified atom stereocenters. The Morgan fingerprint density at radius 3 is 2.81 bits per heavy atom. The van der Waals surface area contributed by atoms with Crippen LogP contribution in [0, 0.1) is 13.8 Å². The summed E-state index contributed by atoms with van der Waals surface area (Å²) in [6.07, 6.45) is 0. The Hall–Kier alpha value is -2.34. The Kier molecular flexibility index (Phi) is 3.39. The maximum absolute atomic E-state index is 12.3. The predicted octanol–water partition coefficient (Wildman–Crippen LogP) is 3.02. The van der Waals surface area contributed by atoms with Crippen molar-refractivity contribution in [3.05, 3.63) is 46.5 Å². The van der Waals surface area contributed by atoms with E-state index >= 15 is 0 Å². The number of amides is 1. The number of benzene rings is 1. The minimum atomic E-state index is -0.206. The minimum Gasteiger partial charge on any atom is -0.444 e. The van der Waals surface area contributed by atoms with Crippen molar-refractivity contribution in [1.82, 2.24) is 10.3 Å². The van der Waals surface area contributed by atoms with Crippen LogP contribution in [0.25, 0.3) is 10.1 Å². The van der Waals surface area contributed by atoms with E-state index in [-0.39, 0.29) is 12.5 Å². The molecule has 1 amide bonds. The summed E-state index contributed by atoms with van der Waals surface area (Å²) in [5.41, 5.74) is 7.40. The van der Waals surface area contributed by atoms with Gasteiger partial charge in [0.2, 0.25) is 5.89 Å². The average molecular weight is 301 g/mol. The van der Waals surface area contributed by atoms with E-state index < -0.39 is 0 Å². The second kappa shape index (κ2) is 5.21. The molecule has 0 spiro atoms. The van der Waals surface area contributed by atoms with Gasteiger partial charge < -0.3 is 15.5 Å². The van der Waals surface area contributed by atoms with Crippen LogP contribution in [0.15, 0.2) is 28.7 Å². The highest BCUT2D eigenvalue weighted by molar-refractivity contribution is 7.21. The van der Waals surface area contributed by atoms with Crippen LogP contribution in [0.1, 0.15) is 27.0 Å². The number of nitrogens with one attached hydrogen (secondary N) is 1. The molecule has 108 valence electrons. The lowest BCUT2D eigenvalue weighted by atomic mass is 10.2. The van der Waals surface area contributed by atoms with Crippen LogP contribution in [-0.2, 0) is 6.54 Å². The molecule has 6 heteroatoms. The van der Waals surface area contributed by atoms with Gasteiger partial charge in [-0.15, -0.1) is 11.3 Å². The van der Waals surface area contributed by atoms with Crippen molar-refractivity contribution in [3.8, 4) is 0 Å². The van der Waals surface area contributed by atoms with Gasteiger partial charge in [0.05, 0.1) is 17.9 Å². The first-order valence-corrected chi connectivity index (χ1v) is 7.36. The molecule has 0 radical (unpaired) electrons. The summed E-state index contributed by atoms with van der Waals surface area (Å²) in [5.74, 6) is 1.06. The van der Waals surface area contributed by atoms with Gasteiger partial charge in [-0.05, 0) is 19.9 Å². The number of nitrogens with two attached hydrogens (primary N) is 1. The van der Waals surface area contributed by atoms with Crippen molar-refractivity contribution in [1.29, 1.82) is 0 Å². The molecule has 5 nitrogen and oxygen atoms in total. The van der Waals surface area contributed by atoms with E-state index in [9.17, 15) is 4.79 Å². The molecule has 1 aromatic carbocycles. The second-order valence-electron chi connectivity index (χ2n) is 4.77. The maximum atomic E-state index is 12.3. The first-order chi connectivity index (χ1) is 10.1. The van der Waals surface area contributed by atoms with Gasteiger partial charge in [0.1, 0.15) is 10.6 Å². The molecule has 0 atom stereocenters. The van der Waals surface area contributed by atoms with E-state index in [0.29, 0.717) is 16.5 Å². The highest BCUT2D eigenvalue weighted by Crippen LogP contribution is 2.33. The smallest absolute Gasteiger partial charge is 0.263 e. The summed E-state index contributed by atoms with van der Waals surface area (Å²) in [6.45, 7) is 3.97. The van der Waals surface area contributed by atoms with E-state index in [1.807, 2.05) is 38.1 Å². The fourth-order valence-corrected chi connectivity index (χ4v) is 3.12. The highest BCUT2D eigenvalue weighted by atomic mass is 32.1. The van der Waals surface area contributed by atoms with Gasteiger partial charge in [-0.25, -0.2) is 4.98 Å². The number of oxazole rings is 1. The normalized spacial score (nSPS) is 11.0. The largest absolute Gasteiger partial charge is 0.444 e. The van der Waals surface area contributed by atoms with Crippen LogP contribution in [0.4, 0.5) is 5.69 Å². The summed E-state index contributed by atoms with van der Waals surface area (Å²) >= 11 is 1.39. The zero-order chi connectivity index (χ0) is 15.0. The number of carbonyl (C=O) groups is 1. The van der Waals surface area contributed by atoms with E-state index in [0.717, 1.165) is 21.5 Å². The van der Waals surface area contributed by atoms with Crippen LogP contribution < -0.4 is 11.1 Å². The van der Waals surface area contributed by atoms with Crippen molar-refractivity contribution in [2.75, 3.05) is 5.73 Å². The number of thiophene rings is 1. The van der Waals surface area contributed by atoms with E-state index in [1.54, 1.807) is 0 Å². The number of rotatable bonds is 3. The molecule has 3 aromatic rings. The van der Waals surface area contributed by atoms with E-state index in [2.05, 4.69) is 10.3 Å². The number of nitrogens with zero attached hydrogens (tertiary/aromatic N) is 1. The van der Waals surface area contributed by atoms with Crippen molar-refractivity contribution in [2.45, 2.75) is 20.4 Å². The van der Waals surface area contributed by atoms with Gasteiger partial charge in [-0.1, -0.05) is 18.2 Å². The Morgan fingerprint density at radius 2 is 2.14 bits per heavy atom. The van der Waals surface area contributed by atoms with Gasteiger partial charge in [-0.3, -0.25) is 4.79 Å². The summed E-state index contributed by atoms with van der Waals surface area (Å²) < 4.78 is 6.44.